The van der Waals surface area contributed by atoms with Crippen molar-refractivity contribution >= 4 is 45.6 Å². The molecule has 0 radical (unpaired) electrons. The van der Waals surface area contributed by atoms with Gasteiger partial charge in [0.2, 0.25) is 21.8 Å². The lowest BCUT2D eigenvalue weighted by Crippen LogP contribution is -2.52. The molecule has 9 rings (SSSR count). The molecule has 0 spiro atoms. The minimum atomic E-state index is -3.35. The van der Waals surface area contributed by atoms with Gasteiger partial charge >= 0.3 is 5.97 Å². The first kappa shape index (κ1) is 56.5. The highest BCUT2D eigenvalue weighted by atomic mass is 32.2. The Hall–Kier alpha value is -6.68. The molecule has 2 unspecified atom stereocenters. The number of anilines is 1. The maximum Gasteiger partial charge on any atom is 0.321 e. The Morgan fingerprint density at radius 1 is 0.701 bits per heavy atom. The third-order valence-corrected chi connectivity index (χ3v) is 16.1. The number of pyridine rings is 1. The molecule has 4 saturated heterocycles. The Balaban J connectivity index is 0.000000204. The first-order chi connectivity index (χ1) is 36.8. The van der Waals surface area contributed by atoms with Crippen molar-refractivity contribution in [2.75, 3.05) is 69.9 Å². The van der Waals surface area contributed by atoms with Gasteiger partial charge in [-0.1, -0.05) is 12.1 Å². The number of aliphatic hydroxyl groups is 1. The third kappa shape index (κ3) is 14.5. The van der Waals surface area contributed by atoms with Crippen LogP contribution in [0.2, 0.25) is 0 Å². The maximum absolute atomic E-state index is 13.4. The van der Waals surface area contributed by atoms with Crippen LogP contribution in [0.15, 0.2) is 91.3 Å². The van der Waals surface area contributed by atoms with Gasteiger partial charge in [-0.05, 0) is 184 Å². The second kappa shape index (κ2) is 25.2. The van der Waals surface area contributed by atoms with Crippen LogP contribution in [0.5, 0.6) is 0 Å². The molecule has 3 aromatic rings. The summed E-state index contributed by atoms with van der Waals surface area (Å²) in [4.78, 5) is 49.6. The van der Waals surface area contributed by atoms with E-state index in [1.54, 1.807) is 28.1 Å². The van der Waals surface area contributed by atoms with Crippen LogP contribution in [0.3, 0.4) is 0 Å². The fraction of sp³-hybridized carbons (Fsp3) is 0.429. The van der Waals surface area contributed by atoms with Crippen LogP contribution in [0.25, 0.3) is 23.5 Å². The zero-order valence-corrected chi connectivity index (χ0v) is 43.5. The van der Waals surface area contributed by atoms with Gasteiger partial charge < -0.3 is 25.2 Å². The summed E-state index contributed by atoms with van der Waals surface area (Å²) >= 11 is 0. The number of carboxylic acid groups (broad SMARTS) is 1. The Bertz CT molecular complexity index is 2960. The van der Waals surface area contributed by atoms with Gasteiger partial charge in [-0.25, -0.2) is 35.4 Å². The number of aliphatic hydroxyl groups excluding tert-OH is 1. The highest BCUT2D eigenvalue weighted by molar-refractivity contribution is 7.92. The number of amides is 2. The fourth-order valence-corrected chi connectivity index (χ4v) is 12.1. The van der Waals surface area contributed by atoms with E-state index in [2.05, 4.69) is 14.6 Å². The first-order valence-corrected chi connectivity index (χ1v) is 27.8. The monoisotopic (exact) mass is 1090 g/mol. The predicted octanol–water partition coefficient (Wildman–Crippen LogP) is 8.06. The van der Waals surface area contributed by atoms with Gasteiger partial charge in [0.25, 0.3) is 0 Å². The Morgan fingerprint density at radius 3 is 1.75 bits per heavy atom. The van der Waals surface area contributed by atoms with Gasteiger partial charge in [0.1, 0.15) is 17.7 Å². The number of halogens is 5. The molecule has 0 aromatic heterocycles. The molecule has 0 aliphatic carbocycles. The number of hydrogen-bond donors (Lipinski definition) is 4. The SMILES string of the molecule is CS(=O)(=O)Nc1ccc(C2CCN(C(C(=O)O)C3CCN(C(=O)/C=C/c4cc(F)c(F)c(F)c4)CC3)CC2)cc1.O=C(/C=C/c1cc(F)cc(F)c1)N1CCC(C(CO)N2CCC(c3cnc4n(O)cccc3-4)CC2)CC1. The largest absolute Gasteiger partial charge is 0.480 e. The van der Waals surface area contributed by atoms with Crippen molar-refractivity contribution in [3.05, 3.63) is 143 Å². The molecule has 2 atom stereocenters. The van der Waals surface area contributed by atoms with Gasteiger partial charge in [-0.2, -0.15) is 4.73 Å². The van der Waals surface area contributed by atoms with Crippen molar-refractivity contribution in [3.8, 4) is 11.4 Å². The molecule has 6 heterocycles. The van der Waals surface area contributed by atoms with E-state index in [1.165, 1.54) is 42.0 Å². The Kier molecular flexibility index (Phi) is 18.5. The second-order valence-corrected chi connectivity index (χ2v) is 22.2. The number of carboxylic acids is 1. The summed E-state index contributed by atoms with van der Waals surface area (Å²) in [6.07, 6.45) is 15.8. The summed E-state index contributed by atoms with van der Waals surface area (Å²) in [5.74, 6) is -5.69. The summed E-state index contributed by atoms with van der Waals surface area (Å²) in [6, 6.07) is 15.2. The lowest BCUT2D eigenvalue weighted by Gasteiger charge is -2.43. The van der Waals surface area contributed by atoms with Crippen molar-refractivity contribution in [1.82, 2.24) is 29.3 Å². The molecule has 6 aliphatic rings. The van der Waals surface area contributed by atoms with Gasteiger partial charge in [0.05, 0.1) is 12.9 Å². The third-order valence-electron chi connectivity index (χ3n) is 15.5. The van der Waals surface area contributed by atoms with Crippen molar-refractivity contribution in [3.63, 3.8) is 0 Å². The Morgan fingerprint density at radius 2 is 1.22 bits per heavy atom. The predicted molar refractivity (Wildman–Crippen MR) is 280 cm³/mol. The Labute approximate surface area is 444 Å². The summed E-state index contributed by atoms with van der Waals surface area (Å²) < 4.78 is 93.0. The standard InChI is InChI=1S/C28H32F3N3O5S.C28H32F2N4O3/c1-40(38,39)32-22-5-3-19(4-6-22)20-8-14-34(15-9-20)27(28(36)37)21-10-12-33(13-11-21)25(35)7-2-18-16-23(29)26(31)24(30)17-18;29-22-14-19(15-23(30)16-22)3-4-27(36)33-12-7-21(8-13-33)26(18-35)32-10-5-20(6-11-32)25-17-31-28-24(25)2-1-9-34(28)37/h2-7,16-17,20-21,27,32H,8-15H2,1H3,(H,36,37);1-4,9,14-17,20-21,26,35,37H,5-8,10-13,18H2/b7-2+;4-3+. The van der Waals surface area contributed by atoms with E-state index in [9.17, 15) is 60.2 Å². The quantitative estimate of drug-likeness (QED) is 0.0365. The summed E-state index contributed by atoms with van der Waals surface area (Å²) in [5, 5.41) is 30.3. The van der Waals surface area contributed by atoms with Crippen molar-refractivity contribution < 1.29 is 60.2 Å². The van der Waals surface area contributed by atoms with Gasteiger partial charge in [-0.15, -0.1) is 0 Å². The number of nitrogens with zero attached hydrogens (tertiary/aromatic N) is 6. The van der Waals surface area contributed by atoms with E-state index < -0.39 is 51.1 Å². The van der Waals surface area contributed by atoms with Crippen LogP contribution in [0.1, 0.15) is 85.5 Å². The molecule has 412 valence electrons. The van der Waals surface area contributed by atoms with Crippen LogP contribution in [-0.2, 0) is 24.4 Å². The molecule has 0 bridgehead atoms. The fourth-order valence-electron chi connectivity index (χ4n) is 11.5. The molecule has 2 amide bonds. The van der Waals surface area contributed by atoms with Crippen LogP contribution >= 0.6 is 0 Å². The lowest BCUT2D eigenvalue weighted by atomic mass is 9.84. The van der Waals surface area contributed by atoms with Crippen LogP contribution in [0.4, 0.5) is 27.6 Å². The highest BCUT2D eigenvalue weighted by Gasteiger charge is 2.39. The van der Waals surface area contributed by atoms with Gasteiger partial charge in [0, 0.05) is 74.1 Å². The van der Waals surface area contributed by atoms with E-state index in [-0.39, 0.29) is 41.9 Å². The number of nitrogens with one attached hydrogen (secondary N) is 1. The molecule has 3 aromatic carbocycles. The number of sulfonamides is 1. The average Bonchev–Trinajstić information content (AvgIpc) is 3.86. The van der Waals surface area contributed by atoms with Crippen molar-refractivity contribution in [1.29, 1.82) is 0 Å². The number of carbonyl (C=O) groups is 3. The van der Waals surface area contributed by atoms with E-state index in [4.69, 9.17) is 0 Å². The smallest absolute Gasteiger partial charge is 0.321 e. The summed E-state index contributed by atoms with van der Waals surface area (Å²) in [7, 11) is -3.35. The molecular weight excluding hydrogens is 1030 g/mol. The number of aromatic nitrogens is 2. The summed E-state index contributed by atoms with van der Waals surface area (Å²) in [5.41, 5.74) is 4.06. The molecule has 0 saturated carbocycles. The molecule has 6 aliphatic heterocycles. The lowest BCUT2D eigenvalue weighted by molar-refractivity contribution is -0.147. The number of fused-ring (bicyclic) bond motifs is 1. The number of benzene rings is 3. The molecule has 15 nitrogen and oxygen atoms in total. The number of carbonyl (C=O) groups excluding carboxylic acids is 2. The highest BCUT2D eigenvalue weighted by Crippen LogP contribution is 2.38. The van der Waals surface area contributed by atoms with E-state index in [1.807, 2.05) is 35.4 Å². The number of likely N-dealkylation sites (tertiary alicyclic amines) is 4. The normalized spacial score (nSPS) is 18.9. The molecular formula is C56H64F5N7O8S. The topological polar surface area (TPSA) is 189 Å². The van der Waals surface area contributed by atoms with Crippen molar-refractivity contribution in [2.45, 2.75) is 75.3 Å². The zero-order chi connectivity index (χ0) is 55.0. The number of hydrogen-bond acceptors (Lipinski definition) is 10. The summed E-state index contributed by atoms with van der Waals surface area (Å²) in [6.45, 7) is 4.94. The first-order valence-electron chi connectivity index (χ1n) is 25.9. The maximum atomic E-state index is 13.4. The van der Waals surface area contributed by atoms with Crippen LogP contribution in [-0.4, -0.2) is 148 Å². The minimum Gasteiger partial charge on any atom is -0.480 e. The molecule has 77 heavy (non-hydrogen) atoms. The molecule has 21 heteroatoms. The van der Waals surface area contributed by atoms with Gasteiger partial charge in [-0.3, -0.25) is 28.9 Å². The van der Waals surface area contributed by atoms with E-state index in [0.29, 0.717) is 81.0 Å². The minimum absolute atomic E-state index is 0.0236. The van der Waals surface area contributed by atoms with Crippen molar-refractivity contribution in [2.24, 2.45) is 11.8 Å². The average molecular weight is 1090 g/mol. The molecule has 4 fully saturated rings. The van der Waals surface area contributed by atoms with Gasteiger partial charge in [0.15, 0.2) is 23.3 Å². The number of rotatable bonds is 14. The molecule has 4 N–H and O–H groups in total. The van der Waals surface area contributed by atoms with Crippen LogP contribution < -0.4 is 4.72 Å². The van der Waals surface area contributed by atoms with Crippen LogP contribution in [0, 0.1) is 40.9 Å². The van der Waals surface area contributed by atoms with E-state index in [0.717, 1.165) is 91.9 Å². The number of piperidine rings is 4. The zero-order valence-electron chi connectivity index (χ0n) is 42.7. The second-order valence-electron chi connectivity index (χ2n) is 20.4. The van der Waals surface area contributed by atoms with E-state index >= 15 is 0 Å². The number of aliphatic carboxylic acids is 1.